The zero-order valence-corrected chi connectivity index (χ0v) is 17.8. The first-order valence-corrected chi connectivity index (χ1v) is 10.9. The molecule has 3 rings (SSSR count). The predicted octanol–water partition coefficient (Wildman–Crippen LogP) is 4.43. The molecule has 7 heteroatoms. The topological polar surface area (TPSA) is 73.9 Å². The monoisotopic (exact) mass is 417 g/mol. The van der Waals surface area contributed by atoms with Crippen LogP contribution in [0.2, 0.25) is 0 Å². The maximum atomic E-state index is 13.2. The number of hydrogen-bond acceptors (Lipinski definition) is 5. The Morgan fingerprint density at radius 1 is 1.14 bits per heavy atom. The van der Waals surface area contributed by atoms with Crippen LogP contribution in [0.1, 0.15) is 39.2 Å². The molecule has 0 aliphatic carbocycles. The number of rotatable bonds is 6. The van der Waals surface area contributed by atoms with E-state index in [1.807, 2.05) is 63.2 Å². The standard InChI is InChI=1S/C22H27NO5S/c1-22(2,3)28-21(24)23-13-6-7-14-26-17-10-8-11-18-20(17)29(25)19-12-5-4-9-16(19)15-27-18/h4-5,8-12H,6-7,13-15H2,1-3H3,(H,23,24). The van der Waals surface area contributed by atoms with E-state index >= 15 is 0 Å². The van der Waals surface area contributed by atoms with Crippen molar-refractivity contribution in [2.24, 2.45) is 0 Å². The molecule has 2 aromatic rings. The highest BCUT2D eigenvalue weighted by atomic mass is 32.2. The van der Waals surface area contributed by atoms with E-state index in [9.17, 15) is 9.00 Å². The molecule has 0 radical (unpaired) electrons. The number of carbonyl (C=O) groups excluding carboxylic acids is 1. The van der Waals surface area contributed by atoms with E-state index in [-0.39, 0.29) is 0 Å². The van der Waals surface area contributed by atoms with Gasteiger partial charge in [0.25, 0.3) is 0 Å². The smallest absolute Gasteiger partial charge is 0.407 e. The van der Waals surface area contributed by atoms with Crippen LogP contribution in [-0.2, 0) is 22.1 Å². The first-order chi connectivity index (χ1) is 13.8. The molecule has 1 aliphatic heterocycles. The lowest BCUT2D eigenvalue weighted by Gasteiger charge is -2.19. The summed E-state index contributed by atoms with van der Waals surface area (Å²) < 4.78 is 30.1. The van der Waals surface area contributed by atoms with Crippen molar-refractivity contribution in [1.82, 2.24) is 5.32 Å². The number of fused-ring (bicyclic) bond motifs is 2. The van der Waals surface area contributed by atoms with Crippen molar-refractivity contribution in [3.63, 3.8) is 0 Å². The van der Waals surface area contributed by atoms with E-state index < -0.39 is 22.5 Å². The summed E-state index contributed by atoms with van der Waals surface area (Å²) in [4.78, 5) is 13.0. The van der Waals surface area contributed by atoms with Crippen molar-refractivity contribution in [3.05, 3.63) is 48.0 Å². The Hall–Kier alpha value is -2.54. The van der Waals surface area contributed by atoms with E-state index in [1.165, 1.54) is 0 Å². The lowest BCUT2D eigenvalue weighted by atomic mass is 10.2. The normalized spacial score (nSPS) is 15.3. The van der Waals surface area contributed by atoms with Gasteiger partial charge in [-0.15, -0.1) is 0 Å². The molecule has 1 aliphatic rings. The van der Waals surface area contributed by atoms with Crippen LogP contribution in [0.15, 0.2) is 52.3 Å². The molecule has 0 spiro atoms. The number of hydrogen-bond donors (Lipinski definition) is 1. The van der Waals surface area contributed by atoms with Crippen LogP contribution in [-0.4, -0.2) is 29.1 Å². The maximum Gasteiger partial charge on any atom is 0.407 e. The molecule has 1 amide bonds. The molecule has 0 bridgehead atoms. The molecule has 1 atom stereocenters. The van der Waals surface area contributed by atoms with E-state index in [0.717, 1.165) is 23.3 Å². The van der Waals surface area contributed by atoms with Crippen LogP contribution in [0.4, 0.5) is 4.79 Å². The summed E-state index contributed by atoms with van der Waals surface area (Å²) in [5.41, 5.74) is 0.412. The van der Waals surface area contributed by atoms with Gasteiger partial charge in [-0.3, -0.25) is 0 Å². The maximum absolute atomic E-state index is 13.2. The van der Waals surface area contributed by atoms with Gasteiger partial charge in [0, 0.05) is 12.1 Å². The van der Waals surface area contributed by atoms with Gasteiger partial charge in [0.2, 0.25) is 0 Å². The molecule has 29 heavy (non-hydrogen) atoms. The lowest BCUT2D eigenvalue weighted by Crippen LogP contribution is -2.33. The molecule has 6 nitrogen and oxygen atoms in total. The van der Waals surface area contributed by atoms with Gasteiger partial charge in [0.1, 0.15) is 28.6 Å². The average molecular weight is 418 g/mol. The van der Waals surface area contributed by atoms with Crippen molar-refractivity contribution in [1.29, 1.82) is 0 Å². The van der Waals surface area contributed by atoms with Crippen LogP contribution in [0.5, 0.6) is 11.5 Å². The van der Waals surface area contributed by atoms with Gasteiger partial charge in [-0.2, -0.15) is 0 Å². The number of unbranched alkanes of at least 4 members (excludes halogenated alkanes) is 1. The Balaban J connectivity index is 1.55. The summed E-state index contributed by atoms with van der Waals surface area (Å²) in [5.74, 6) is 1.15. The van der Waals surface area contributed by atoms with Crippen LogP contribution < -0.4 is 14.8 Å². The Morgan fingerprint density at radius 2 is 1.93 bits per heavy atom. The number of ether oxygens (including phenoxy) is 3. The van der Waals surface area contributed by atoms with Crippen LogP contribution >= 0.6 is 0 Å². The van der Waals surface area contributed by atoms with Gasteiger partial charge in [0.05, 0.1) is 22.3 Å². The van der Waals surface area contributed by atoms with Gasteiger partial charge in [-0.1, -0.05) is 24.3 Å². The van der Waals surface area contributed by atoms with Gasteiger partial charge >= 0.3 is 6.09 Å². The average Bonchev–Trinajstić information content (AvgIpc) is 2.81. The Bertz CT molecular complexity index is 891. The molecule has 0 aromatic heterocycles. The molecule has 1 unspecified atom stereocenters. The largest absolute Gasteiger partial charge is 0.492 e. The third-order valence-electron chi connectivity index (χ3n) is 4.18. The van der Waals surface area contributed by atoms with Crippen molar-refractivity contribution >= 4 is 16.9 Å². The molecule has 156 valence electrons. The van der Waals surface area contributed by atoms with Crippen molar-refractivity contribution < 1.29 is 23.2 Å². The number of benzene rings is 2. The number of nitrogens with one attached hydrogen (secondary N) is 1. The number of carbonyl (C=O) groups is 1. The summed E-state index contributed by atoms with van der Waals surface area (Å²) in [6.45, 7) is 6.83. The highest BCUT2D eigenvalue weighted by molar-refractivity contribution is 7.85. The predicted molar refractivity (Wildman–Crippen MR) is 111 cm³/mol. The van der Waals surface area contributed by atoms with Crippen molar-refractivity contribution in [3.8, 4) is 11.5 Å². The fourth-order valence-corrected chi connectivity index (χ4v) is 4.30. The van der Waals surface area contributed by atoms with Crippen LogP contribution in [0, 0.1) is 0 Å². The van der Waals surface area contributed by atoms with Crippen LogP contribution in [0.25, 0.3) is 0 Å². The Labute approximate surface area is 174 Å². The van der Waals surface area contributed by atoms with Crippen LogP contribution in [0.3, 0.4) is 0 Å². The van der Waals surface area contributed by atoms with Gasteiger partial charge in [-0.05, 0) is 51.8 Å². The number of alkyl carbamates (subject to hydrolysis) is 1. The molecule has 1 heterocycles. The van der Waals surface area contributed by atoms with Gasteiger partial charge in [0.15, 0.2) is 0 Å². The van der Waals surface area contributed by atoms with E-state index in [2.05, 4.69) is 5.32 Å². The molecule has 2 aromatic carbocycles. The van der Waals surface area contributed by atoms with E-state index in [4.69, 9.17) is 14.2 Å². The van der Waals surface area contributed by atoms with Crippen molar-refractivity contribution in [2.45, 2.75) is 55.6 Å². The minimum Gasteiger partial charge on any atom is -0.492 e. The Kier molecular flexibility index (Phi) is 6.79. The molecular formula is C22H27NO5S. The first kappa shape index (κ1) is 21.2. The molecular weight excluding hydrogens is 390 g/mol. The second-order valence-corrected chi connectivity index (χ2v) is 9.12. The zero-order valence-electron chi connectivity index (χ0n) is 17.0. The molecule has 0 saturated carbocycles. The summed E-state index contributed by atoms with van der Waals surface area (Å²) in [6, 6.07) is 13.1. The highest BCUT2D eigenvalue weighted by Gasteiger charge is 2.24. The quantitative estimate of drug-likeness (QED) is 0.704. The molecule has 0 saturated heterocycles. The lowest BCUT2D eigenvalue weighted by molar-refractivity contribution is 0.0526. The summed E-state index contributed by atoms with van der Waals surface area (Å²) >= 11 is 0. The molecule has 0 fully saturated rings. The summed E-state index contributed by atoms with van der Waals surface area (Å²) in [5, 5.41) is 2.73. The summed E-state index contributed by atoms with van der Waals surface area (Å²) in [6.07, 6.45) is 1.07. The second kappa shape index (κ2) is 9.31. The second-order valence-electron chi connectivity index (χ2n) is 7.73. The SMILES string of the molecule is CC(C)(C)OC(=O)NCCCCOc1cccc2c1S(=O)c1ccccc1CO2. The minimum atomic E-state index is -1.37. The highest BCUT2D eigenvalue weighted by Crippen LogP contribution is 2.38. The fourth-order valence-electron chi connectivity index (χ4n) is 2.89. The third-order valence-corrected chi connectivity index (χ3v) is 5.75. The van der Waals surface area contributed by atoms with E-state index in [0.29, 0.717) is 36.2 Å². The molecule has 1 N–H and O–H groups in total. The number of amides is 1. The van der Waals surface area contributed by atoms with Gasteiger partial charge in [-0.25, -0.2) is 9.00 Å². The minimum absolute atomic E-state index is 0.384. The summed E-state index contributed by atoms with van der Waals surface area (Å²) in [7, 11) is -1.37. The fraction of sp³-hybridized carbons (Fsp3) is 0.409. The van der Waals surface area contributed by atoms with E-state index in [1.54, 1.807) is 0 Å². The zero-order chi connectivity index (χ0) is 20.9. The Morgan fingerprint density at radius 3 is 2.72 bits per heavy atom. The van der Waals surface area contributed by atoms with Gasteiger partial charge < -0.3 is 19.5 Å². The third kappa shape index (κ3) is 5.73. The van der Waals surface area contributed by atoms with Crippen molar-refractivity contribution in [2.75, 3.05) is 13.2 Å². The first-order valence-electron chi connectivity index (χ1n) is 9.70.